The second kappa shape index (κ2) is 19.1. The first-order valence-electron chi connectivity index (χ1n) is 19.3. The predicted molar refractivity (Wildman–Crippen MR) is 211 cm³/mol. The number of esters is 1. The van der Waals surface area contributed by atoms with Gasteiger partial charge in [0.1, 0.15) is 6.04 Å². The standard InChI is InChI=1S/C41H59N3O8S2/c1-26(2)24-52-35(48)22-30(40(3,4)5)38(50)44-25-41(53-18-11-19-54-41)23-31(44)33(46)21-29(20-27-14-15-27)37(49)32(45)16-17-34(47)42-36(39(51)43(6)7)28-12-9-8-10-13-28/h8-10,12-13,26-27,29-31,36H,11,14-25H2,1-7H3,(H,42,47)/t29?,30-,31+,36+/m1/s1. The maximum Gasteiger partial charge on any atom is 0.306 e. The Kier molecular flexibility index (Phi) is 15.4. The molecule has 2 saturated heterocycles. The van der Waals surface area contributed by atoms with Crippen molar-refractivity contribution in [3.05, 3.63) is 35.9 Å². The predicted octanol–water partition coefficient (Wildman–Crippen LogP) is 5.64. The molecule has 1 spiro atoms. The van der Waals surface area contributed by atoms with E-state index in [4.69, 9.17) is 4.74 Å². The molecule has 0 radical (unpaired) electrons. The molecule has 13 heteroatoms. The van der Waals surface area contributed by atoms with Crippen LogP contribution in [0.3, 0.4) is 0 Å². The van der Waals surface area contributed by atoms with E-state index in [0.29, 0.717) is 24.9 Å². The summed E-state index contributed by atoms with van der Waals surface area (Å²) in [7, 11) is 3.18. The molecule has 1 aliphatic carbocycles. The second-order valence-electron chi connectivity index (χ2n) is 16.8. The number of Topliss-reactive ketones (excluding diaryl/α,β-unsaturated/α-hetero) is 3. The first-order chi connectivity index (χ1) is 25.4. The molecule has 4 atom stereocenters. The van der Waals surface area contributed by atoms with Gasteiger partial charge in [0.15, 0.2) is 11.6 Å². The van der Waals surface area contributed by atoms with Crippen LogP contribution in [0.2, 0.25) is 0 Å². The van der Waals surface area contributed by atoms with Gasteiger partial charge < -0.3 is 19.9 Å². The summed E-state index contributed by atoms with van der Waals surface area (Å²) in [5, 5.41) is 2.72. The molecule has 1 saturated carbocycles. The minimum atomic E-state index is -0.941. The van der Waals surface area contributed by atoms with Gasteiger partial charge in [-0.25, -0.2) is 0 Å². The van der Waals surface area contributed by atoms with Crippen molar-refractivity contribution in [1.29, 1.82) is 0 Å². The highest BCUT2D eigenvalue weighted by molar-refractivity contribution is 8.18. The lowest BCUT2D eigenvalue weighted by molar-refractivity contribution is -0.153. The Morgan fingerprint density at radius 2 is 1.61 bits per heavy atom. The molecule has 1 aromatic carbocycles. The number of amides is 3. The summed E-state index contributed by atoms with van der Waals surface area (Å²) in [4.78, 5) is 97.9. The fourth-order valence-electron chi connectivity index (χ4n) is 7.05. The third-order valence-corrected chi connectivity index (χ3v) is 13.7. The number of nitrogens with one attached hydrogen (secondary N) is 1. The quantitative estimate of drug-likeness (QED) is 0.147. The first kappa shape index (κ1) is 43.5. The zero-order valence-electron chi connectivity index (χ0n) is 33.0. The molecule has 0 bridgehead atoms. The van der Waals surface area contributed by atoms with Crippen molar-refractivity contribution >= 4 is 64.6 Å². The number of hydrogen-bond acceptors (Lipinski definition) is 10. The maximum atomic E-state index is 14.5. The molecule has 298 valence electrons. The number of thioether (sulfide) groups is 2. The summed E-state index contributed by atoms with van der Waals surface area (Å²) in [5.74, 6) is -2.55. The molecule has 1 unspecified atom stereocenters. The van der Waals surface area contributed by atoms with E-state index in [2.05, 4.69) is 5.32 Å². The number of carbonyl (C=O) groups is 7. The Labute approximate surface area is 329 Å². The molecule has 1 aromatic rings. The Hall–Kier alpha value is -3.19. The third-order valence-electron chi connectivity index (χ3n) is 10.4. The van der Waals surface area contributed by atoms with Crippen LogP contribution in [0.1, 0.15) is 104 Å². The van der Waals surface area contributed by atoms with E-state index < -0.39 is 52.8 Å². The summed E-state index contributed by atoms with van der Waals surface area (Å²) in [6.45, 7) is 10.3. The van der Waals surface area contributed by atoms with Crippen molar-refractivity contribution in [2.45, 2.75) is 109 Å². The van der Waals surface area contributed by atoms with Gasteiger partial charge in [-0.3, -0.25) is 33.6 Å². The van der Waals surface area contributed by atoms with E-state index in [0.717, 1.165) is 30.8 Å². The number of ketones is 3. The van der Waals surface area contributed by atoms with E-state index in [9.17, 15) is 33.6 Å². The van der Waals surface area contributed by atoms with Gasteiger partial charge in [0.2, 0.25) is 23.5 Å². The number of ether oxygens (including phenoxy) is 1. The van der Waals surface area contributed by atoms with Crippen LogP contribution in [0.5, 0.6) is 0 Å². The number of likely N-dealkylation sites (tertiary alicyclic amines) is 1. The number of likely N-dealkylation sites (N-methyl/N-ethyl adjacent to an activating group) is 1. The Morgan fingerprint density at radius 1 is 0.963 bits per heavy atom. The monoisotopic (exact) mass is 785 g/mol. The average molecular weight is 786 g/mol. The molecule has 0 aromatic heterocycles. The zero-order valence-corrected chi connectivity index (χ0v) is 34.7. The van der Waals surface area contributed by atoms with E-state index in [-0.39, 0.29) is 65.8 Å². The van der Waals surface area contributed by atoms with Gasteiger partial charge in [0, 0.05) is 52.2 Å². The molecule has 11 nitrogen and oxygen atoms in total. The molecule has 3 fully saturated rings. The van der Waals surface area contributed by atoms with Crippen molar-refractivity contribution < 1.29 is 38.3 Å². The Balaban J connectivity index is 1.48. The lowest BCUT2D eigenvalue weighted by Crippen LogP contribution is -2.48. The summed E-state index contributed by atoms with van der Waals surface area (Å²) in [6, 6.07) is 7.08. The number of hydrogen-bond donors (Lipinski definition) is 1. The van der Waals surface area contributed by atoms with Gasteiger partial charge >= 0.3 is 5.97 Å². The lowest BCUT2D eigenvalue weighted by Gasteiger charge is -2.36. The smallest absolute Gasteiger partial charge is 0.306 e. The molecule has 2 heterocycles. The Morgan fingerprint density at radius 3 is 2.19 bits per heavy atom. The normalized spacial score (nSPS) is 19.9. The second-order valence-corrected chi connectivity index (χ2v) is 20.0. The van der Waals surface area contributed by atoms with Crippen molar-refractivity contribution in [3.8, 4) is 0 Å². The third kappa shape index (κ3) is 12.2. The van der Waals surface area contributed by atoms with Gasteiger partial charge in [-0.05, 0) is 47.2 Å². The van der Waals surface area contributed by atoms with E-state index in [1.54, 1.807) is 72.9 Å². The highest BCUT2D eigenvalue weighted by atomic mass is 32.2. The molecule has 2 aliphatic heterocycles. The van der Waals surface area contributed by atoms with E-state index in [1.165, 1.54) is 4.90 Å². The molecule has 54 heavy (non-hydrogen) atoms. The zero-order chi connectivity index (χ0) is 39.8. The number of rotatable bonds is 18. The molecule has 4 rings (SSSR count). The fraction of sp³-hybridized carbons (Fsp3) is 0.683. The van der Waals surface area contributed by atoms with Crippen LogP contribution in [0.15, 0.2) is 30.3 Å². The number of nitrogens with zero attached hydrogens (tertiary/aromatic N) is 2. The minimum Gasteiger partial charge on any atom is -0.465 e. The van der Waals surface area contributed by atoms with Gasteiger partial charge in [-0.15, -0.1) is 23.5 Å². The van der Waals surface area contributed by atoms with Crippen LogP contribution in [-0.2, 0) is 38.3 Å². The van der Waals surface area contributed by atoms with Crippen molar-refractivity contribution in [2.75, 3.05) is 38.8 Å². The molecule has 3 aliphatic rings. The molecule has 3 amide bonds. The highest BCUT2D eigenvalue weighted by Gasteiger charge is 2.52. The minimum absolute atomic E-state index is 0.0972. The molecular formula is C41H59N3O8S2. The van der Waals surface area contributed by atoms with E-state index in [1.807, 2.05) is 34.6 Å². The topological polar surface area (TPSA) is 147 Å². The fourth-order valence-corrected chi connectivity index (χ4v) is 10.4. The summed E-state index contributed by atoms with van der Waals surface area (Å²) >= 11 is 3.54. The molecular weight excluding hydrogens is 727 g/mol. The van der Waals surface area contributed by atoms with Crippen LogP contribution in [0, 0.1) is 29.1 Å². The van der Waals surface area contributed by atoms with Crippen LogP contribution >= 0.6 is 23.5 Å². The first-order valence-corrected chi connectivity index (χ1v) is 21.3. The number of carbonyl (C=O) groups excluding carboxylic acids is 7. The summed E-state index contributed by atoms with van der Waals surface area (Å²) in [5.41, 5.74) is 0.00913. The summed E-state index contributed by atoms with van der Waals surface area (Å²) < 4.78 is 5.11. The lowest BCUT2D eigenvalue weighted by atomic mass is 9.77. The van der Waals surface area contributed by atoms with Gasteiger partial charge in [-0.1, -0.05) is 77.8 Å². The summed E-state index contributed by atoms with van der Waals surface area (Å²) in [6.07, 6.45) is 2.81. The Bertz CT molecular complexity index is 1530. The van der Waals surface area contributed by atoms with Crippen molar-refractivity contribution in [2.24, 2.45) is 29.1 Å². The van der Waals surface area contributed by atoms with Crippen LogP contribution < -0.4 is 5.32 Å². The van der Waals surface area contributed by atoms with Crippen molar-refractivity contribution in [3.63, 3.8) is 0 Å². The maximum absolute atomic E-state index is 14.5. The average Bonchev–Trinajstić information content (AvgIpc) is 3.88. The van der Waals surface area contributed by atoms with Gasteiger partial charge in [0.25, 0.3) is 0 Å². The van der Waals surface area contributed by atoms with Gasteiger partial charge in [0.05, 0.1) is 29.1 Å². The number of benzene rings is 1. The molecule has 1 N–H and O–H groups in total. The van der Waals surface area contributed by atoms with Gasteiger partial charge in [-0.2, -0.15) is 0 Å². The van der Waals surface area contributed by atoms with Crippen LogP contribution in [-0.4, -0.2) is 99.7 Å². The van der Waals surface area contributed by atoms with Crippen LogP contribution in [0.4, 0.5) is 0 Å². The SMILES string of the molecule is CC(C)COC(=O)C[C@H](C(=O)N1CC2(C[C@H]1C(=O)CC(CC1CC1)C(=O)C(=O)CCC(=O)N[C@H](C(=O)N(C)C)c1ccccc1)SCCCS2)C(C)(C)C. The van der Waals surface area contributed by atoms with E-state index >= 15 is 0 Å². The highest BCUT2D eigenvalue weighted by Crippen LogP contribution is 2.51. The van der Waals surface area contributed by atoms with Crippen LogP contribution in [0.25, 0.3) is 0 Å². The van der Waals surface area contributed by atoms with Crippen molar-refractivity contribution in [1.82, 2.24) is 15.1 Å². The largest absolute Gasteiger partial charge is 0.465 e.